The van der Waals surface area contributed by atoms with Crippen LogP contribution in [0.5, 0.6) is 0 Å². The molecule has 0 spiro atoms. The number of nitrogens with one attached hydrogen (secondary N) is 3. The van der Waals surface area contributed by atoms with E-state index in [0.29, 0.717) is 11.5 Å². The van der Waals surface area contributed by atoms with Crippen LogP contribution in [0.15, 0.2) is 77.5 Å². The van der Waals surface area contributed by atoms with Gasteiger partial charge < -0.3 is 9.84 Å². The summed E-state index contributed by atoms with van der Waals surface area (Å²) in [5, 5.41) is 16.4. The first-order valence-electron chi connectivity index (χ1n) is 8.43. The maximum atomic E-state index is 12.2. The highest BCUT2D eigenvalue weighted by Gasteiger charge is 2.08. The third-order valence-corrected chi connectivity index (χ3v) is 3.99. The minimum absolute atomic E-state index is 0.359. The standard InChI is InChI=1S/C20H17N5O2/c26-20(21-16-8-6-15(7-9-16)18-10-11-27-25-18)22-19-13-17(23-24-19)12-14-4-2-1-3-5-14/h1-11,13H,12H2,(H3,21,22,23,24,26). The Labute approximate surface area is 155 Å². The van der Waals surface area contributed by atoms with Crippen molar-refractivity contribution in [2.24, 2.45) is 0 Å². The molecule has 134 valence electrons. The number of nitrogens with zero attached hydrogens (tertiary/aromatic N) is 2. The van der Waals surface area contributed by atoms with E-state index in [2.05, 4.69) is 26.0 Å². The van der Waals surface area contributed by atoms with Crippen LogP contribution < -0.4 is 10.6 Å². The van der Waals surface area contributed by atoms with Gasteiger partial charge in [0.25, 0.3) is 0 Å². The quantitative estimate of drug-likeness (QED) is 0.495. The number of H-pyrrole nitrogens is 1. The van der Waals surface area contributed by atoms with Gasteiger partial charge in [-0.05, 0) is 17.7 Å². The number of carbonyl (C=O) groups is 1. The summed E-state index contributed by atoms with van der Waals surface area (Å²) in [5.41, 5.74) is 4.42. The molecular weight excluding hydrogens is 342 g/mol. The largest absolute Gasteiger partial charge is 0.364 e. The van der Waals surface area contributed by atoms with Crippen molar-refractivity contribution in [2.45, 2.75) is 6.42 Å². The fraction of sp³-hybridized carbons (Fsp3) is 0.0500. The lowest BCUT2D eigenvalue weighted by Crippen LogP contribution is -2.19. The molecule has 7 heteroatoms. The summed E-state index contributed by atoms with van der Waals surface area (Å²) in [6.45, 7) is 0. The van der Waals surface area contributed by atoms with E-state index in [-0.39, 0.29) is 6.03 Å². The molecule has 27 heavy (non-hydrogen) atoms. The second kappa shape index (κ2) is 7.57. The summed E-state index contributed by atoms with van der Waals surface area (Å²) in [5.74, 6) is 0.470. The molecule has 0 aliphatic rings. The number of carbonyl (C=O) groups excluding carboxylic acids is 1. The Balaban J connectivity index is 1.34. The number of amides is 2. The summed E-state index contributed by atoms with van der Waals surface area (Å²) in [7, 11) is 0. The molecule has 0 aliphatic heterocycles. The molecule has 3 N–H and O–H groups in total. The van der Waals surface area contributed by atoms with E-state index in [0.717, 1.165) is 23.4 Å². The van der Waals surface area contributed by atoms with Crippen LogP contribution in [0.25, 0.3) is 11.3 Å². The monoisotopic (exact) mass is 359 g/mol. The predicted molar refractivity (Wildman–Crippen MR) is 102 cm³/mol. The van der Waals surface area contributed by atoms with Gasteiger partial charge in [-0.15, -0.1) is 0 Å². The van der Waals surface area contributed by atoms with Crippen LogP contribution in [0.2, 0.25) is 0 Å². The molecule has 2 aromatic heterocycles. The average molecular weight is 359 g/mol. The Kier molecular flexibility index (Phi) is 4.65. The van der Waals surface area contributed by atoms with Crippen molar-refractivity contribution < 1.29 is 9.32 Å². The first kappa shape index (κ1) is 16.6. The summed E-state index contributed by atoms with van der Waals surface area (Å²) < 4.78 is 4.83. The number of rotatable bonds is 5. The van der Waals surface area contributed by atoms with Crippen LogP contribution in [0, 0.1) is 0 Å². The second-order valence-corrected chi connectivity index (χ2v) is 5.98. The third kappa shape index (κ3) is 4.21. The summed E-state index contributed by atoms with van der Waals surface area (Å²) >= 11 is 0. The number of urea groups is 1. The molecule has 0 unspecified atom stereocenters. The van der Waals surface area contributed by atoms with Gasteiger partial charge in [0.05, 0.1) is 0 Å². The minimum Gasteiger partial charge on any atom is -0.364 e. The van der Waals surface area contributed by atoms with E-state index in [1.807, 2.05) is 48.5 Å². The molecule has 0 aliphatic carbocycles. The normalized spacial score (nSPS) is 10.5. The zero-order valence-corrected chi connectivity index (χ0v) is 14.3. The Morgan fingerprint density at radius 2 is 1.81 bits per heavy atom. The van der Waals surface area contributed by atoms with Crippen molar-refractivity contribution >= 4 is 17.5 Å². The molecule has 0 bridgehead atoms. The average Bonchev–Trinajstić information content (AvgIpc) is 3.36. The second-order valence-electron chi connectivity index (χ2n) is 5.98. The molecule has 0 saturated heterocycles. The zero-order chi connectivity index (χ0) is 18.5. The van der Waals surface area contributed by atoms with E-state index in [4.69, 9.17) is 4.52 Å². The van der Waals surface area contributed by atoms with Crippen LogP contribution in [0.1, 0.15) is 11.3 Å². The van der Waals surface area contributed by atoms with Gasteiger partial charge in [-0.3, -0.25) is 10.4 Å². The van der Waals surface area contributed by atoms with Gasteiger partial charge in [0.15, 0.2) is 5.82 Å². The fourth-order valence-corrected chi connectivity index (χ4v) is 2.70. The fourth-order valence-electron chi connectivity index (χ4n) is 2.70. The molecule has 2 amide bonds. The maximum absolute atomic E-state index is 12.2. The van der Waals surface area contributed by atoms with E-state index in [1.54, 1.807) is 18.2 Å². The third-order valence-electron chi connectivity index (χ3n) is 3.99. The Morgan fingerprint density at radius 3 is 2.56 bits per heavy atom. The lowest BCUT2D eigenvalue weighted by Gasteiger charge is -2.06. The van der Waals surface area contributed by atoms with Gasteiger partial charge in [0.2, 0.25) is 0 Å². The molecular formula is C20H17N5O2. The van der Waals surface area contributed by atoms with Gasteiger partial charge in [0.1, 0.15) is 12.0 Å². The number of aromatic nitrogens is 3. The first-order valence-corrected chi connectivity index (χ1v) is 8.43. The number of hydrogen-bond donors (Lipinski definition) is 3. The number of anilines is 2. The molecule has 0 radical (unpaired) electrons. The molecule has 2 heterocycles. The molecule has 4 rings (SSSR count). The highest BCUT2D eigenvalue weighted by atomic mass is 16.5. The summed E-state index contributed by atoms with van der Waals surface area (Å²) in [6.07, 6.45) is 2.24. The lowest BCUT2D eigenvalue weighted by atomic mass is 10.1. The molecule has 2 aromatic carbocycles. The van der Waals surface area contributed by atoms with Gasteiger partial charge in [-0.25, -0.2) is 4.79 Å². The zero-order valence-electron chi connectivity index (χ0n) is 14.3. The van der Waals surface area contributed by atoms with E-state index >= 15 is 0 Å². The Hall–Kier alpha value is -3.87. The van der Waals surface area contributed by atoms with Gasteiger partial charge in [0, 0.05) is 35.5 Å². The van der Waals surface area contributed by atoms with Crippen molar-refractivity contribution in [3.05, 3.63) is 84.3 Å². The topological polar surface area (TPSA) is 95.8 Å². The van der Waals surface area contributed by atoms with Gasteiger partial charge in [-0.1, -0.05) is 47.6 Å². The molecule has 0 atom stereocenters. The van der Waals surface area contributed by atoms with Crippen molar-refractivity contribution in [3.8, 4) is 11.3 Å². The predicted octanol–water partition coefficient (Wildman–Crippen LogP) is 4.30. The first-order chi connectivity index (χ1) is 13.3. The molecule has 0 fully saturated rings. The summed E-state index contributed by atoms with van der Waals surface area (Å²) in [6, 6.07) is 20.6. The maximum Gasteiger partial charge on any atom is 0.324 e. The van der Waals surface area contributed by atoms with E-state index < -0.39 is 0 Å². The van der Waals surface area contributed by atoms with E-state index in [1.165, 1.54) is 11.8 Å². The summed E-state index contributed by atoms with van der Waals surface area (Å²) in [4.78, 5) is 12.2. The number of aromatic amines is 1. The highest BCUT2D eigenvalue weighted by molar-refractivity contribution is 5.99. The van der Waals surface area contributed by atoms with Crippen molar-refractivity contribution in [2.75, 3.05) is 10.6 Å². The SMILES string of the molecule is O=C(Nc1ccc(-c2ccon2)cc1)Nc1cc(Cc2ccccc2)[nH]n1. The number of benzene rings is 2. The van der Waals surface area contributed by atoms with E-state index in [9.17, 15) is 4.79 Å². The highest BCUT2D eigenvalue weighted by Crippen LogP contribution is 2.19. The minimum atomic E-state index is -0.359. The Bertz CT molecular complexity index is 1010. The molecule has 4 aromatic rings. The smallest absolute Gasteiger partial charge is 0.324 e. The molecule has 0 saturated carbocycles. The van der Waals surface area contributed by atoms with Crippen LogP contribution in [-0.4, -0.2) is 21.4 Å². The van der Waals surface area contributed by atoms with Crippen molar-refractivity contribution in [1.82, 2.24) is 15.4 Å². The number of hydrogen-bond acceptors (Lipinski definition) is 4. The van der Waals surface area contributed by atoms with Gasteiger partial charge >= 0.3 is 6.03 Å². The Morgan fingerprint density at radius 1 is 1.00 bits per heavy atom. The van der Waals surface area contributed by atoms with Crippen LogP contribution in [0.4, 0.5) is 16.3 Å². The lowest BCUT2D eigenvalue weighted by molar-refractivity contribution is 0.262. The van der Waals surface area contributed by atoms with Crippen LogP contribution in [-0.2, 0) is 6.42 Å². The molecule has 7 nitrogen and oxygen atoms in total. The van der Waals surface area contributed by atoms with Crippen LogP contribution >= 0.6 is 0 Å². The van der Waals surface area contributed by atoms with Crippen molar-refractivity contribution in [1.29, 1.82) is 0 Å². The van der Waals surface area contributed by atoms with Crippen LogP contribution in [0.3, 0.4) is 0 Å². The van der Waals surface area contributed by atoms with Crippen molar-refractivity contribution in [3.63, 3.8) is 0 Å². The van der Waals surface area contributed by atoms with Gasteiger partial charge in [-0.2, -0.15) is 5.10 Å².